The summed E-state index contributed by atoms with van der Waals surface area (Å²) in [5.74, 6) is -0.923. The van der Waals surface area contributed by atoms with Gasteiger partial charge in [0.25, 0.3) is 11.5 Å². The van der Waals surface area contributed by atoms with Gasteiger partial charge in [-0.05, 0) is 24.4 Å². The molecule has 0 spiro atoms. The number of aromatic nitrogens is 2. The van der Waals surface area contributed by atoms with Crippen molar-refractivity contribution in [2.24, 2.45) is 0 Å². The molecule has 0 aliphatic heterocycles. The summed E-state index contributed by atoms with van der Waals surface area (Å²) in [4.78, 5) is 40.6. The van der Waals surface area contributed by atoms with Crippen LogP contribution in [-0.4, -0.2) is 21.2 Å². The minimum atomic E-state index is -1.26. The van der Waals surface area contributed by atoms with E-state index in [4.69, 9.17) is 12.2 Å². The quantitative estimate of drug-likeness (QED) is 0.538. The molecule has 0 saturated carbocycles. The molecule has 1 heterocycles. The third-order valence-corrected chi connectivity index (χ3v) is 4.07. The van der Waals surface area contributed by atoms with Crippen molar-refractivity contribution in [2.75, 3.05) is 0 Å². The Labute approximate surface area is 154 Å². The van der Waals surface area contributed by atoms with Crippen LogP contribution in [0.3, 0.4) is 0 Å². The summed E-state index contributed by atoms with van der Waals surface area (Å²) >= 11 is 5.16. The molecule has 0 bridgehead atoms. The lowest BCUT2D eigenvalue weighted by Gasteiger charge is -2.20. The highest BCUT2D eigenvalue weighted by molar-refractivity contribution is 7.71. The maximum atomic E-state index is 13.0. The van der Waals surface area contributed by atoms with Crippen LogP contribution in [0.25, 0.3) is 0 Å². The summed E-state index contributed by atoms with van der Waals surface area (Å²) in [6.45, 7) is 0. The van der Waals surface area contributed by atoms with Gasteiger partial charge in [-0.25, -0.2) is 0 Å². The second-order valence-corrected chi connectivity index (χ2v) is 5.85. The van der Waals surface area contributed by atoms with E-state index in [9.17, 15) is 14.4 Å². The first-order valence-electron chi connectivity index (χ1n) is 7.83. The Hall–Kier alpha value is -3.32. The molecule has 7 heteroatoms. The number of hydrogen-bond acceptors (Lipinski definition) is 4. The highest BCUT2D eigenvalue weighted by Gasteiger charge is 2.26. The van der Waals surface area contributed by atoms with E-state index in [0.717, 1.165) is 4.57 Å². The summed E-state index contributed by atoms with van der Waals surface area (Å²) in [5, 5.41) is 2.62. The average molecular weight is 365 g/mol. The van der Waals surface area contributed by atoms with Gasteiger partial charge in [0.1, 0.15) is 0 Å². The Kier molecular flexibility index (Phi) is 5.19. The van der Waals surface area contributed by atoms with Crippen LogP contribution in [0.4, 0.5) is 0 Å². The first-order valence-corrected chi connectivity index (χ1v) is 8.24. The van der Waals surface area contributed by atoms with Gasteiger partial charge in [0.05, 0.1) is 0 Å². The standard InChI is InChI=1S/C19H15N3O3S/c23-15-11-12-20-19(26)22(15)17(16(24)13-7-3-1-4-8-13)21-18(25)14-9-5-2-6-10-14/h1-12,17H,(H,20,26)(H,21,25)/t17-/m0/s1. The molecule has 1 atom stereocenters. The van der Waals surface area contributed by atoms with Crippen molar-refractivity contribution in [1.29, 1.82) is 0 Å². The Bertz CT molecular complexity index is 1010. The van der Waals surface area contributed by atoms with Crippen molar-refractivity contribution in [1.82, 2.24) is 14.9 Å². The fourth-order valence-corrected chi connectivity index (χ4v) is 2.75. The molecule has 3 aromatic rings. The molecule has 3 rings (SSSR count). The molecule has 0 unspecified atom stereocenters. The van der Waals surface area contributed by atoms with Gasteiger partial charge in [-0.3, -0.25) is 19.0 Å². The van der Waals surface area contributed by atoms with Gasteiger partial charge < -0.3 is 10.3 Å². The molecule has 2 N–H and O–H groups in total. The SMILES string of the molecule is O=C(N[C@H](C(=O)c1ccccc1)n1c(=O)cc[nH]c1=S)c1ccccc1. The Balaban J connectivity index is 2.05. The molecule has 0 saturated heterocycles. The number of benzene rings is 2. The number of nitrogens with one attached hydrogen (secondary N) is 2. The van der Waals surface area contributed by atoms with Crippen LogP contribution in [0.2, 0.25) is 0 Å². The van der Waals surface area contributed by atoms with Gasteiger partial charge in [-0.1, -0.05) is 48.5 Å². The summed E-state index contributed by atoms with van der Waals surface area (Å²) in [6, 6.07) is 18.1. The number of carbonyl (C=O) groups is 2. The fraction of sp³-hybridized carbons (Fsp3) is 0.0526. The summed E-state index contributed by atoms with van der Waals surface area (Å²) in [6.07, 6.45) is 0.132. The van der Waals surface area contributed by atoms with Crippen molar-refractivity contribution in [2.45, 2.75) is 6.17 Å². The van der Waals surface area contributed by atoms with Crippen molar-refractivity contribution in [3.63, 3.8) is 0 Å². The third kappa shape index (κ3) is 3.68. The summed E-state index contributed by atoms with van der Waals surface area (Å²) in [5.41, 5.74) is 0.240. The van der Waals surface area contributed by atoms with Crippen LogP contribution in [-0.2, 0) is 0 Å². The highest BCUT2D eigenvalue weighted by atomic mass is 32.1. The van der Waals surface area contributed by atoms with Crippen molar-refractivity contribution in [3.8, 4) is 0 Å². The van der Waals surface area contributed by atoms with E-state index in [0.29, 0.717) is 11.1 Å². The van der Waals surface area contributed by atoms with E-state index < -0.39 is 23.4 Å². The molecule has 130 valence electrons. The minimum Gasteiger partial charge on any atom is -0.339 e. The molecule has 0 aliphatic rings. The number of rotatable bonds is 5. The van der Waals surface area contributed by atoms with Gasteiger partial charge in [0.2, 0.25) is 5.78 Å². The van der Waals surface area contributed by atoms with E-state index in [-0.39, 0.29) is 4.77 Å². The van der Waals surface area contributed by atoms with Crippen LogP contribution in [0, 0.1) is 4.77 Å². The van der Waals surface area contributed by atoms with Crippen LogP contribution < -0.4 is 10.9 Å². The van der Waals surface area contributed by atoms with Crippen molar-refractivity contribution in [3.05, 3.63) is 99.2 Å². The van der Waals surface area contributed by atoms with Gasteiger partial charge in [0, 0.05) is 23.4 Å². The fourth-order valence-electron chi connectivity index (χ4n) is 2.48. The predicted molar refractivity (Wildman–Crippen MR) is 99.6 cm³/mol. The van der Waals surface area contributed by atoms with Crippen LogP contribution in [0.5, 0.6) is 0 Å². The lowest BCUT2D eigenvalue weighted by Crippen LogP contribution is -2.42. The Morgan fingerprint density at radius 3 is 2.08 bits per heavy atom. The van der Waals surface area contributed by atoms with Crippen LogP contribution >= 0.6 is 12.2 Å². The van der Waals surface area contributed by atoms with Gasteiger partial charge in [-0.2, -0.15) is 0 Å². The summed E-state index contributed by atoms with van der Waals surface area (Å²) < 4.78 is 1.10. The number of ketones is 1. The molecule has 1 amide bonds. The minimum absolute atomic E-state index is 0.0418. The first kappa shape index (κ1) is 17.5. The van der Waals surface area contributed by atoms with E-state index in [1.807, 2.05) is 0 Å². The van der Waals surface area contributed by atoms with Crippen LogP contribution in [0.15, 0.2) is 77.7 Å². The molecule has 0 fully saturated rings. The molecule has 0 radical (unpaired) electrons. The number of H-pyrrole nitrogens is 1. The van der Waals surface area contributed by atoms with Gasteiger partial charge in [-0.15, -0.1) is 0 Å². The second kappa shape index (κ2) is 7.71. The molecular weight excluding hydrogens is 350 g/mol. The number of amides is 1. The normalized spacial score (nSPS) is 11.5. The van der Waals surface area contributed by atoms with Gasteiger partial charge in [0.15, 0.2) is 10.9 Å². The number of Topliss-reactive ketones (excluding diaryl/α,β-unsaturated/α-hetero) is 1. The van der Waals surface area contributed by atoms with E-state index in [2.05, 4.69) is 10.3 Å². The molecular formula is C19H15N3O3S. The maximum Gasteiger partial charge on any atom is 0.256 e. The number of hydrogen-bond donors (Lipinski definition) is 2. The molecule has 6 nitrogen and oxygen atoms in total. The van der Waals surface area contributed by atoms with Gasteiger partial charge >= 0.3 is 0 Å². The third-order valence-electron chi connectivity index (χ3n) is 3.76. The van der Waals surface area contributed by atoms with Crippen molar-refractivity contribution >= 4 is 23.9 Å². The lowest BCUT2D eigenvalue weighted by molar-refractivity contribution is 0.0811. The Morgan fingerprint density at radius 2 is 1.50 bits per heavy atom. The highest BCUT2D eigenvalue weighted by Crippen LogP contribution is 2.12. The van der Waals surface area contributed by atoms with Crippen LogP contribution in [0.1, 0.15) is 26.9 Å². The number of carbonyl (C=O) groups excluding carboxylic acids is 2. The zero-order valence-corrected chi connectivity index (χ0v) is 14.4. The largest absolute Gasteiger partial charge is 0.339 e. The van der Waals surface area contributed by atoms with E-state index >= 15 is 0 Å². The predicted octanol–water partition coefficient (Wildman–Crippen LogP) is 2.72. The van der Waals surface area contributed by atoms with E-state index in [1.54, 1.807) is 60.7 Å². The average Bonchev–Trinajstić information content (AvgIpc) is 2.67. The van der Waals surface area contributed by atoms with Crippen molar-refractivity contribution < 1.29 is 9.59 Å². The molecule has 0 aliphatic carbocycles. The molecule has 1 aromatic heterocycles. The second-order valence-electron chi connectivity index (χ2n) is 5.46. The zero-order valence-electron chi connectivity index (χ0n) is 13.6. The Morgan fingerprint density at radius 1 is 0.923 bits per heavy atom. The topological polar surface area (TPSA) is 84.0 Å². The number of nitrogens with zero attached hydrogens (tertiary/aromatic N) is 1. The zero-order chi connectivity index (χ0) is 18.5. The smallest absolute Gasteiger partial charge is 0.256 e. The lowest BCUT2D eigenvalue weighted by atomic mass is 10.1. The van der Waals surface area contributed by atoms with E-state index in [1.165, 1.54) is 12.3 Å². The molecule has 26 heavy (non-hydrogen) atoms. The maximum absolute atomic E-state index is 13.0. The molecule has 2 aromatic carbocycles. The first-order chi connectivity index (χ1) is 12.6. The monoisotopic (exact) mass is 365 g/mol. The number of aromatic amines is 1. The summed E-state index contributed by atoms with van der Waals surface area (Å²) in [7, 11) is 0.